The number of rotatable bonds is 4. The van der Waals surface area contributed by atoms with Crippen molar-refractivity contribution in [2.45, 2.75) is 91.8 Å². The van der Waals surface area contributed by atoms with Crippen molar-refractivity contribution in [2.24, 2.45) is 0 Å². The minimum atomic E-state index is -0.506. The number of alkyl carbamates (subject to hydrolysis) is 2. The monoisotopic (exact) mass is 581 g/mol. The van der Waals surface area contributed by atoms with Gasteiger partial charge in [0.05, 0.1) is 0 Å². The van der Waals surface area contributed by atoms with Crippen LogP contribution in [0.2, 0.25) is 0 Å². The molecule has 0 saturated carbocycles. The standard InChI is InChI=1S/C17H25N3O3.C15H22N2O2/c1-17(2,3)23-16(22)19-10-12-5-6-13-7-8-20(15(21)18-4)11-14(13)9-12;1-15(2,3)19-14(18)17-9-11-4-5-12-6-7-16-10-13(12)8-11/h5-6,9H,7-8,10-11H2,1-4H3,(H,18,21)(H,19,22);4-5,8,16H,6-7,9-10H2,1-3H3,(H,17,18). The van der Waals surface area contributed by atoms with Crippen LogP contribution < -0.4 is 21.3 Å². The zero-order valence-electron chi connectivity index (χ0n) is 26.1. The van der Waals surface area contributed by atoms with E-state index in [1.54, 1.807) is 11.9 Å². The number of fused-ring (bicyclic) bond motifs is 2. The van der Waals surface area contributed by atoms with Crippen molar-refractivity contribution in [3.63, 3.8) is 0 Å². The molecule has 2 aliphatic heterocycles. The Balaban J connectivity index is 0.000000235. The third-order valence-electron chi connectivity index (χ3n) is 6.61. The van der Waals surface area contributed by atoms with E-state index in [2.05, 4.69) is 45.5 Å². The molecular formula is C32H47N5O5. The zero-order valence-corrected chi connectivity index (χ0v) is 26.1. The lowest BCUT2D eigenvalue weighted by Crippen LogP contribution is -2.41. The predicted molar refractivity (Wildman–Crippen MR) is 163 cm³/mol. The molecule has 10 heteroatoms. The first-order chi connectivity index (χ1) is 19.7. The molecule has 0 unspecified atom stereocenters. The van der Waals surface area contributed by atoms with E-state index in [1.165, 1.54) is 16.7 Å². The summed E-state index contributed by atoms with van der Waals surface area (Å²) in [4.78, 5) is 36.8. The number of amides is 4. The highest BCUT2D eigenvalue weighted by Crippen LogP contribution is 2.21. The number of urea groups is 1. The van der Waals surface area contributed by atoms with E-state index < -0.39 is 17.3 Å². The largest absolute Gasteiger partial charge is 0.444 e. The minimum Gasteiger partial charge on any atom is -0.444 e. The molecule has 0 atom stereocenters. The lowest BCUT2D eigenvalue weighted by Gasteiger charge is -2.29. The molecule has 0 fully saturated rings. The smallest absolute Gasteiger partial charge is 0.407 e. The topological polar surface area (TPSA) is 121 Å². The van der Waals surface area contributed by atoms with Crippen molar-refractivity contribution < 1.29 is 23.9 Å². The molecule has 2 heterocycles. The van der Waals surface area contributed by atoms with Gasteiger partial charge < -0.3 is 35.6 Å². The number of hydrogen-bond acceptors (Lipinski definition) is 6. The fourth-order valence-electron chi connectivity index (χ4n) is 4.67. The Morgan fingerprint density at radius 3 is 1.83 bits per heavy atom. The average molecular weight is 582 g/mol. The first-order valence-corrected chi connectivity index (χ1v) is 14.5. The lowest BCUT2D eigenvalue weighted by atomic mass is 9.97. The summed E-state index contributed by atoms with van der Waals surface area (Å²) in [5, 5.41) is 11.5. The number of nitrogens with one attached hydrogen (secondary N) is 4. The van der Waals surface area contributed by atoms with Gasteiger partial charge in [-0.05, 0) is 94.3 Å². The van der Waals surface area contributed by atoms with Crippen molar-refractivity contribution in [1.29, 1.82) is 0 Å². The first kappa shape index (κ1) is 32.7. The van der Waals surface area contributed by atoms with E-state index >= 15 is 0 Å². The summed E-state index contributed by atoms with van der Waals surface area (Å²) in [6, 6.07) is 12.4. The SMILES string of the molecule is CC(C)(C)OC(=O)NCc1ccc2c(c1)CNCC2.CNC(=O)N1CCc2ccc(CNC(=O)OC(C)(C)C)cc2C1. The van der Waals surface area contributed by atoms with Gasteiger partial charge in [-0.2, -0.15) is 0 Å². The molecule has 2 aromatic rings. The molecule has 0 saturated heterocycles. The second-order valence-electron chi connectivity index (χ2n) is 12.6. The highest BCUT2D eigenvalue weighted by Gasteiger charge is 2.21. The van der Waals surface area contributed by atoms with Crippen molar-refractivity contribution in [3.05, 3.63) is 69.8 Å². The van der Waals surface area contributed by atoms with Crippen LogP contribution >= 0.6 is 0 Å². The molecule has 0 bridgehead atoms. The Morgan fingerprint density at radius 1 is 0.786 bits per heavy atom. The third kappa shape index (κ3) is 10.9. The Kier molecular flexibility index (Phi) is 11.2. The number of carbonyl (C=O) groups excluding carboxylic acids is 3. The van der Waals surface area contributed by atoms with E-state index in [4.69, 9.17) is 9.47 Å². The Bertz CT molecular complexity index is 1250. The average Bonchev–Trinajstić information content (AvgIpc) is 2.92. The fourth-order valence-corrected chi connectivity index (χ4v) is 4.67. The molecule has 4 rings (SSSR count). The van der Waals surface area contributed by atoms with Crippen LogP contribution in [0.3, 0.4) is 0 Å². The van der Waals surface area contributed by atoms with E-state index in [9.17, 15) is 14.4 Å². The van der Waals surface area contributed by atoms with Gasteiger partial charge >= 0.3 is 18.2 Å². The number of hydrogen-bond donors (Lipinski definition) is 4. The van der Waals surface area contributed by atoms with Gasteiger partial charge in [0, 0.05) is 39.8 Å². The van der Waals surface area contributed by atoms with Crippen LogP contribution in [-0.4, -0.2) is 54.5 Å². The van der Waals surface area contributed by atoms with Crippen molar-refractivity contribution in [3.8, 4) is 0 Å². The third-order valence-corrected chi connectivity index (χ3v) is 6.61. The van der Waals surface area contributed by atoms with Crippen LogP contribution in [0.5, 0.6) is 0 Å². The fraction of sp³-hybridized carbons (Fsp3) is 0.531. The summed E-state index contributed by atoms with van der Waals surface area (Å²) in [6.45, 7) is 15.3. The second kappa shape index (κ2) is 14.4. The lowest BCUT2D eigenvalue weighted by molar-refractivity contribution is 0.0512. The maximum Gasteiger partial charge on any atom is 0.407 e. The summed E-state index contributed by atoms with van der Waals surface area (Å²) in [5.41, 5.74) is 6.25. The summed E-state index contributed by atoms with van der Waals surface area (Å²) in [7, 11) is 1.64. The van der Waals surface area contributed by atoms with Crippen molar-refractivity contribution in [1.82, 2.24) is 26.2 Å². The molecule has 4 N–H and O–H groups in total. The Labute approximate surface area is 249 Å². The van der Waals surface area contributed by atoms with E-state index in [-0.39, 0.29) is 12.1 Å². The molecular weight excluding hydrogens is 534 g/mol. The summed E-state index contributed by atoms with van der Waals surface area (Å²) in [5.74, 6) is 0. The maximum atomic E-state index is 11.8. The predicted octanol–water partition coefficient (Wildman–Crippen LogP) is 4.77. The Morgan fingerprint density at radius 2 is 1.31 bits per heavy atom. The molecule has 2 aliphatic rings. The van der Waals surface area contributed by atoms with Crippen LogP contribution in [0.1, 0.15) is 74.9 Å². The first-order valence-electron chi connectivity index (χ1n) is 14.5. The molecule has 10 nitrogen and oxygen atoms in total. The number of nitrogens with zero attached hydrogens (tertiary/aromatic N) is 1. The van der Waals surface area contributed by atoms with E-state index in [0.29, 0.717) is 19.6 Å². The molecule has 2 aromatic carbocycles. The van der Waals surface area contributed by atoms with Gasteiger partial charge in [-0.15, -0.1) is 0 Å². The van der Waals surface area contributed by atoms with Gasteiger partial charge in [0.2, 0.25) is 0 Å². The van der Waals surface area contributed by atoms with Gasteiger partial charge in [0.1, 0.15) is 11.2 Å². The van der Waals surface area contributed by atoms with Gasteiger partial charge in [-0.1, -0.05) is 36.4 Å². The van der Waals surface area contributed by atoms with Crippen molar-refractivity contribution >= 4 is 18.2 Å². The van der Waals surface area contributed by atoms with Crippen LogP contribution in [0.25, 0.3) is 0 Å². The number of carbonyl (C=O) groups is 3. The summed E-state index contributed by atoms with van der Waals surface area (Å²) < 4.78 is 10.4. The van der Waals surface area contributed by atoms with Crippen LogP contribution in [0.4, 0.5) is 14.4 Å². The highest BCUT2D eigenvalue weighted by atomic mass is 16.6. The summed E-state index contributed by atoms with van der Waals surface area (Å²) >= 11 is 0. The maximum absolute atomic E-state index is 11.8. The Hall–Kier alpha value is -3.79. The molecule has 0 aliphatic carbocycles. The zero-order chi connectivity index (χ0) is 30.9. The molecule has 0 spiro atoms. The van der Waals surface area contributed by atoms with Gasteiger partial charge in [0.25, 0.3) is 0 Å². The molecule has 0 radical (unpaired) electrons. The quantitative estimate of drug-likeness (QED) is 0.413. The minimum absolute atomic E-state index is 0.0621. The molecule has 0 aromatic heterocycles. The van der Waals surface area contributed by atoms with Crippen molar-refractivity contribution in [2.75, 3.05) is 20.1 Å². The van der Waals surface area contributed by atoms with Crippen LogP contribution in [0, 0.1) is 0 Å². The number of benzene rings is 2. The van der Waals surface area contributed by atoms with Gasteiger partial charge in [-0.3, -0.25) is 0 Å². The second-order valence-corrected chi connectivity index (χ2v) is 12.6. The molecule has 42 heavy (non-hydrogen) atoms. The number of ether oxygens (including phenoxy) is 2. The van der Waals surface area contributed by atoms with E-state index in [0.717, 1.165) is 49.2 Å². The van der Waals surface area contributed by atoms with Gasteiger partial charge in [0.15, 0.2) is 0 Å². The normalized spacial score (nSPS) is 14.3. The highest BCUT2D eigenvalue weighted by molar-refractivity contribution is 5.74. The molecule has 4 amide bonds. The summed E-state index contributed by atoms with van der Waals surface area (Å²) in [6.07, 6.45) is 1.13. The molecule has 230 valence electrons. The van der Waals surface area contributed by atoms with Crippen LogP contribution in [-0.2, 0) is 48.5 Å². The van der Waals surface area contributed by atoms with Crippen LogP contribution in [0.15, 0.2) is 36.4 Å². The van der Waals surface area contributed by atoms with E-state index in [1.807, 2.05) is 53.7 Å². The van der Waals surface area contributed by atoms with Gasteiger partial charge in [-0.25, -0.2) is 14.4 Å².